The van der Waals surface area contributed by atoms with Crippen molar-refractivity contribution in [1.82, 2.24) is 4.90 Å². The van der Waals surface area contributed by atoms with Crippen molar-refractivity contribution in [2.24, 2.45) is 0 Å². The first-order chi connectivity index (χ1) is 13.7. The largest absolute Gasteiger partial charge is 0.513 e. The Bertz CT molecular complexity index is 681. The van der Waals surface area contributed by atoms with Crippen molar-refractivity contribution in [3.05, 3.63) is 35.7 Å². The minimum Gasteiger partial charge on any atom is -0.437 e. The van der Waals surface area contributed by atoms with Gasteiger partial charge in [-0.1, -0.05) is 44.2 Å². The van der Waals surface area contributed by atoms with E-state index in [9.17, 15) is 4.79 Å². The number of carbonyl (C=O) groups is 1. The lowest BCUT2D eigenvalue weighted by Crippen LogP contribution is -2.42. The fourth-order valence-corrected chi connectivity index (χ4v) is 4.21. The standard InChI is InChI=1S/C22H33N3O3/c1-23-18-12-8-9-13-19(18)24-20-14-15-25(16-21(20)28-22(26)27-2)17-10-6-4-3-5-7-11-17/h8-9,12-13,17,23-24H,3-7,10-11,14-16H2,1-2H3. The summed E-state index contributed by atoms with van der Waals surface area (Å²) in [4.78, 5) is 14.3. The molecule has 1 fully saturated rings. The van der Waals surface area contributed by atoms with Gasteiger partial charge in [0.25, 0.3) is 0 Å². The van der Waals surface area contributed by atoms with Gasteiger partial charge in [-0.05, 0) is 25.0 Å². The molecule has 2 N–H and O–H groups in total. The lowest BCUT2D eigenvalue weighted by molar-refractivity contribution is 0.0777. The molecule has 1 aromatic carbocycles. The molecule has 1 heterocycles. The van der Waals surface area contributed by atoms with Crippen LogP contribution in [-0.4, -0.2) is 44.3 Å². The van der Waals surface area contributed by atoms with Gasteiger partial charge in [0.2, 0.25) is 0 Å². The molecule has 1 aromatic rings. The van der Waals surface area contributed by atoms with Crippen LogP contribution in [0.15, 0.2) is 35.7 Å². The van der Waals surface area contributed by atoms with Gasteiger partial charge in [-0.15, -0.1) is 0 Å². The molecule has 6 heteroatoms. The molecule has 154 valence electrons. The van der Waals surface area contributed by atoms with Crippen molar-refractivity contribution in [2.75, 3.05) is 37.9 Å². The monoisotopic (exact) mass is 387 g/mol. The summed E-state index contributed by atoms with van der Waals surface area (Å²) in [6.07, 6.45) is 9.24. The predicted octanol–water partition coefficient (Wildman–Crippen LogP) is 4.95. The van der Waals surface area contributed by atoms with Gasteiger partial charge in [-0.3, -0.25) is 4.90 Å². The highest BCUT2D eigenvalue weighted by Gasteiger charge is 2.28. The molecule has 0 aromatic heterocycles. The summed E-state index contributed by atoms with van der Waals surface area (Å²) >= 11 is 0. The molecular formula is C22H33N3O3. The number of nitrogens with one attached hydrogen (secondary N) is 2. The Morgan fingerprint density at radius 3 is 2.43 bits per heavy atom. The third-order valence-corrected chi connectivity index (χ3v) is 5.78. The molecule has 0 saturated heterocycles. The third kappa shape index (κ3) is 5.41. The molecule has 1 saturated carbocycles. The van der Waals surface area contributed by atoms with E-state index in [0.717, 1.165) is 30.0 Å². The first-order valence-electron chi connectivity index (χ1n) is 10.5. The zero-order chi connectivity index (χ0) is 19.8. The molecule has 0 amide bonds. The molecule has 2 aliphatic rings. The van der Waals surface area contributed by atoms with Crippen LogP contribution in [0.2, 0.25) is 0 Å². The van der Waals surface area contributed by atoms with Gasteiger partial charge >= 0.3 is 6.16 Å². The average molecular weight is 388 g/mol. The number of carbonyl (C=O) groups excluding carboxylic acids is 1. The number of nitrogens with zero attached hydrogens (tertiary/aromatic N) is 1. The Balaban J connectivity index is 1.78. The molecule has 6 nitrogen and oxygen atoms in total. The van der Waals surface area contributed by atoms with Crippen molar-refractivity contribution in [2.45, 2.75) is 57.4 Å². The second-order valence-electron chi connectivity index (χ2n) is 7.60. The molecule has 3 rings (SSSR count). The summed E-state index contributed by atoms with van der Waals surface area (Å²) in [7, 11) is 3.25. The van der Waals surface area contributed by atoms with Crippen LogP contribution in [0.25, 0.3) is 0 Å². The van der Waals surface area contributed by atoms with E-state index < -0.39 is 6.16 Å². The normalized spacial score (nSPS) is 19.5. The van der Waals surface area contributed by atoms with Gasteiger partial charge in [0.1, 0.15) is 5.76 Å². The SMILES string of the molecule is CNc1ccccc1NC1=C(OC(=O)OC)CN(C2CCCCCCC2)CC1. The highest BCUT2D eigenvalue weighted by Crippen LogP contribution is 2.30. The average Bonchev–Trinajstić information content (AvgIpc) is 2.69. The predicted molar refractivity (Wildman–Crippen MR) is 112 cm³/mol. The number of hydrogen-bond donors (Lipinski definition) is 2. The summed E-state index contributed by atoms with van der Waals surface area (Å²) in [5.74, 6) is 0.672. The summed E-state index contributed by atoms with van der Waals surface area (Å²) in [6, 6.07) is 8.61. The van der Waals surface area contributed by atoms with Gasteiger partial charge in [0, 0.05) is 26.1 Å². The highest BCUT2D eigenvalue weighted by molar-refractivity contribution is 5.70. The fraction of sp³-hybridized carbons (Fsp3) is 0.591. The molecule has 0 atom stereocenters. The van der Waals surface area contributed by atoms with Gasteiger partial charge in [0.05, 0.1) is 30.7 Å². The maximum absolute atomic E-state index is 11.8. The molecule has 1 aliphatic heterocycles. The lowest BCUT2D eigenvalue weighted by atomic mass is 9.94. The van der Waals surface area contributed by atoms with Crippen molar-refractivity contribution in [1.29, 1.82) is 0 Å². The number of rotatable bonds is 5. The Morgan fingerprint density at radius 1 is 1.07 bits per heavy atom. The van der Waals surface area contributed by atoms with Crippen molar-refractivity contribution >= 4 is 17.5 Å². The van der Waals surface area contributed by atoms with Gasteiger partial charge in [-0.2, -0.15) is 0 Å². The summed E-state index contributed by atoms with van der Waals surface area (Å²) in [5, 5.41) is 6.68. The second kappa shape index (κ2) is 10.4. The zero-order valence-electron chi connectivity index (χ0n) is 17.1. The van der Waals surface area contributed by atoms with E-state index in [1.54, 1.807) is 0 Å². The molecule has 0 bridgehead atoms. The Hall–Kier alpha value is -2.21. The van der Waals surface area contributed by atoms with Crippen LogP contribution in [0.1, 0.15) is 51.4 Å². The van der Waals surface area contributed by atoms with Crippen LogP contribution >= 0.6 is 0 Å². The number of para-hydroxylation sites is 2. The van der Waals surface area contributed by atoms with Crippen LogP contribution in [0, 0.1) is 0 Å². The molecule has 0 unspecified atom stereocenters. The van der Waals surface area contributed by atoms with Gasteiger partial charge in [0.15, 0.2) is 0 Å². The van der Waals surface area contributed by atoms with E-state index in [-0.39, 0.29) is 0 Å². The Labute approximate surface area is 168 Å². The quantitative estimate of drug-likeness (QED) is 0.697. The number of methoxy groups -OCH3 is 1. The minimum atomic E-state index is -0.657. The van der Waals surface area contributed by atoms with Crippen LogP contribution in [0.3, 0.4) is 0 Å². The third-order valence-electron chi connectivity index (χ3n) is 5.78. The summed E-state index contributed by atoms with van der Waals surface area (Å²) in [6.45, 7) is 1.62. The lowest BCUT2D eigenvalue weighted by Gasteiger charge is -2.37. The maximum Gasteiger partial charge on any atom is 0.513 e. The highest BCUT2D eigenvalue weighted by atomic mass is 16.7. The second-order valence-corrected chi connectivity index (χ2v) is 7.60. The number of ether oxygens (including phenoxy) is 2. The minimum absolute atomic E-state index is 0.572. The van der Waals surface area contributed by atoms with E-state index in [0.29, 0.717) is 18.3 Å². The molecule has 1 aliphatic carbocycles. The zero-order valence-corrected chi connectivity index (χ0v) is 17.1. The van der Waals surface area contributed by atoms with E-state index in [2.05, 4.69) is 15.5 Å². The van der Waals surface area contributed by atoms with Crippen LogP contribution in [0.4, 0.5) is 16.2 Å². The maximum atomic E-state index is 11.8. The fourth-order valence-electron chi connectivity index (χ4n) is 4.21. The van der Waals surface area contributed by atoms with E-state index in [4.69, 9.17) is 9.47 Å². The van der Waals surface area contributed by atoms with Gasteiger partial charge in [-0.25, -0.2) is 4.79 Å². The Morgan fingerprint density at radius 2 is 1.75 bits per heavy atom. The van der Waals surface area contributed by atoms with E-state index in [1.807, 2.05) is 31.3 Å². The Kier molecular flexibility index (Phi) is 7.60. The van der Waals surface area contributed by atoms with E-state index in [1.165, 1.54) is 52.1 Å². The molecule has 0 radical (unpaired) electrons. The number of benzene rings is 1. The first-order valence-corrected chi connectivity index (χ1v) is 10.5. The molecule has 28 heavy (non-hydrogen) atoms. The smallest absolute Gasteiger partial charge is 0.437 e. The van der Waals surface area contributed by atoms with Crippen LogP contribution in [-0.2, 0) is 9.47 Å². The molecule has 0 spiro atoms. The molecular weight excluding hydrogens is 354 g/mol. The first kappa shape index (κ1) is 20.5. The van der Waals surface area contributed by atoms with Gasteiger partial charge < -0.3 is 20.1 Å². The van der Waals surface area contributed by atoms with Crippen molar-refractivity contribution < 1.29 is 14.3 Å². The number of hydrogen-bond acceptors (Lipinski definition) is 6. The summed E-state index contributed by atoms with van der Waals surface area (Å²) in [5.41, 5.74) is 2.94. The topological polar surface area (TPSA) is 62.8 Å². The van der Waals surface area contributed by atoms with Crippen LogP contribution < -0.4 is 10.6 Å². The van der Waals surface area contributed by atoms with Crippen molar-refractivity contribution in [3.8, 4) is 0 Å². The van der Waals surface area contributed by atoms with E-state index >= 15 is 0 Å². The summed E-state index contributed by atoms with van der Waals surface area (Å²) < 4.78 is 10.3. The number of anilines is 2. The van der Waals surface area contributed by atoms with Crippen LogP contribution in [0.5, 0.6) is 0 Å². The van der Waals surface area contributed by atoms with Crippen molar-refractivity contribution in [3.63, 3.8) is 0 Å².